The largest absolute Gasteiger partial charge is 0.314 e. The molecule has 0 aromatic carbocycles. The molecule has 1 aliphatic heterocycles. The smallest absolute Gasteiger partial charge is 0.130 e. The van der Waals surface area contributed by atoms with Gasteiger partial charge in [0.15, 0.2) is 0 Å². The first-order chi connectivity index (χ1) is 9.12. The van der Waals surface area contributed by atoms with Gasteiger partial charge in [0.2, 0.25) is 0 Å². The fourth-order valence-electron chi connectivity index (χ4n) is 2.69. The minimum Gasteiger partial charge on any atom is -0.314 e. The standard InChI is InChI=1S/C15H26N4/c1-4-5-13-6-7-17-14(18-13)12-15(2,3)19-10-8-16-9-11-19/h6-7,16H,4-5,8-12H2,1-3H3. The molecule has 0 atom stereocenters. The highest BCUT2D eigenvalue weighted by Crippen LogP contribution is 2.19. The Morgan fingerprint density at radius 3 is 2.74 bits per heavy atom. The molecule has 0 radical (unpaired) electrons. The van der Waals surface area contributed by atoms with E-state index in [1.54, 1.807) is 0 Å². The van der Waals surface area contributed by atoms with Crippen LogP contribution in [0, 0.1) is 0 Å². The maximum absolute atomic E-state index is 4.69. The van der Waals surface area contributed by atoms with Crippen molar-refractivity contribution in [2.45, 2.75) is 45.6 Å². The van der Waals surface area contributed by atoms with Crippen molar-refractivity contribution in [3.63, 3.8) is 0 Å². The third-order valence-corrected chi connectivity index (χ3v) is 3.83. The maximum atomic E-state index is 4.69. The van der Waals surface area contributed by atoms with Crippen molar-refractivity contribution in [2.24, 2.45) is 0 Å². The number of hydrogen-bond acceptors (Lipinski definition) is 4. The summed E-state index contributed by atoms with van der Waals surface area (Å²) in [6, 6.07) is 2.03. The van der Waals surface area contributed by atoms with Gasteiger partial charge >= 0.3 is 0 Å². The fourth-order valence-corrected chi connectivity index (χ4v) is 2.69. The van der Waals surface area contributed by atoms with Crippen molar-refractivity contribution in [2.75, 3.05) is 26.2 Å². The van der Waals surface area contributed by atoms with E-state index >= 15 is 0 Å². The predicted octanol–water partition coefficient (Wildman–Crippen LogP) is 1.66. The van der Waals surface area contributed by atoms with E-state index in [9.17, 15) is 0 Å². The van der Waals surface area contributed by atoms with Gasteiger partial charge in [-0.3, -0.25) is 4.90 Å². The molecule has 1 aliphatic rings. The first-order valence-electron chi connectivity index (χ1n) is 7.38. The van der Waals surface area contributed by atoms with E-state index in [1.807, 2.05) is 12.3 Å². The van der Waals surface area contributed by atoms with Crippen LogP contribution in [-0.2, 0) is 12.8 Å². The molecule has 0 amide bonds. The Morgan fingerprint density at radius 1 is 1.32 bits per heavy atom. The van der Waals surface area contributed by atoms with Crippen LogP contribution in [0.1, 0.15) is 38.7 Å². The molecule has 0 unspecified atom stereocenters. The summed E-state index contributed by atoms with van der Waals surface area (Å²) in [5.41, 5.74) is 1.30. The third kappa shape index (κ3) is 3.98. The number of hydrogen-bond donors (Lipinski definition) is 1. The SMILES string of the molecule is CCCc1ccnc(CC(C)(C)N2CCNCC2)n1. The van der Waals surface area contributed by atoms with Gasteiger partial charge in [-0.15, -0.1) is 0 Å². The molecular weight excluding hydrogens is 236 g/mol. The fraction of sp³-hybridized carbons (Fsp3) is 0.733. The van der Waals surface area contributed by atoms with Gasteiger partial charge in [-0.2, -0.15) is 0 Å². The number of nitrogens with zero attached hydrogens (tertiary/aromatic N) is 3. The summed E-state index contributed by atoms with van der Waals surface area (Å²) in [6.07, 6.45) is 5.01. The molecule has 1 aromatic heterocycles. The van der Waals surface area contributed by atoms with Crippen molar-refractivity contribution in [3.05, 3.63) is 23.8 Å². The molecular formula is C15H26N4. The van der Waals surface area contributed by atoms with E-state index in [4.69, 9.17) is 0 Å². The molecule has 2 heterocycles. The van der Waals surface area contributed by atoms with E-state index in [0.717, 1.165) is 51.3 Å². The minimum atomic E-state index is 0.132. The van der Waals surface area contributed by atoms with Crippen LogP contribution in [0.5, 0.6) is 0 Å². The second-order valence-electron chi connectivity index (χ2n) is 5.94. The van der Waals surface area contributed by atoms with Crippen molar-refractivity contribution >= 4 is 0 Å². The van der Waals surface area contributed by atoms with Gasteiger partial charge in [0, 0.05) is 50.0 Å². The molecule has 4 heteroatoms. The van der Waals surface area contributed by atoms with Crippen molar-refractivity contribution in [1.82, 2.24) is 20.2 Å². The molecule has 1 fully saturated rings. The zero-order chi connectivity index (χ0) is 13.7. The van der Waals surface area contributed by atoms with Gasteiger partial charge < -0.3 is 5.32 Å². The van der Waals surface area contributed by atoms with Crippen LogP contribution in [0.3, 0.4) is 0 Å². The van der Waals surface area contributed by atoms with Crippen molar-refractivity contribution < 1.29 is 0 Å². The summed E-state index contributed by atoms with van der Waals surface area (Å²) < 4.78 is 0. The lowest BCUT2D eigenvalue weighted by atomic mass is 9.96. The Bertz CT molecular complexity index is 397. The average Bonchev–Trinajstić information content (AvgIpc) is 2.40. The van der Waals surface area contributed by atoms with Gasteiger partial charge in [-0.05, 0) is 26.3 Å². The first-order valence-corrected chi connectivity index (χ1v) is 7.38. The van der Waals surface area contributed by atoms with Crippen LogP contribution in [0.15, 0.2) is 12.3 Å². The monoisotopic (exact) mass is 262 g/mol. The Kier molecular flexibility index (Phi) is 4.88. The van der Waals surface area contributed by atoms with Crippen LogP contribution in [0.2, 0.25) is 0 Å². The highest BCUT2D eigenvalue weighted by Gasteiger charge is 2.28. The van der Waals surface area contributed by atoms with E-state index < -0.39 is 0 Å². The summed E-state index contributed by atoms with van der Waals surface area (Å²) in [5.74, 6) is 0.981. The molecule has 0 bridgehead atoms. The van der Waals surface area contributed by atoms with Crippen LogP contribution < -0.4 is 5.32 Å². The topological polar surface area (TPSA) is 41.1 Å². The highest BCUT2D eigenvalue weighted by molar-refractivity contribution is 5.05. The van der Waals surface area contributed by atoms with Gasteiger partial charge in [0.1, 0.15) is 5.82 Å². The summed E-state index contributed by atoms with van der Waals surface area (Å²) in [5, 5.41) is 3.40. The zero-order valence-corrected chi connectivity index (χ0v) is 12.4. The van der Waals surface area contributed by atoms with E-state index in [1.165, 1.54) is 5.69 Å². The molecule has 0 saturated carbocycles. The van der Waals surface area contributed by atoms with Gasteiger partial charge in [0.05, 0.1) is 0 Å². The molecule has 19 heavy (non-hydrogen) atoms. The zero-order valence-electron chi connectivity index (χ0n) is 12.4. The number of aryl methyl sites for hydroxylation is 1. The lowest BCUT2D eigenvalue weighted by Crippen LogP contribution is -2.54. The first kappa shape index (κ1) is 14.4. The predicted molar refractivity (Wildman–Crippen MR) is 78.3 cm³/mol. The van der Waals surface area contributed by atoms with E-state index in [2.05, 4.69) is 41.0 Å². The van der Waals surface area contributed by atoms with Crippen LogP contribution >= 0.6 is 0 Å². The molecule has 0 aliphatic carbocycles. The van der Waals surface area contributed by atoms with E-state index in [-0.39, 0.29) is 5.54 Å². The molecule has 4 nitrogen and oxygen atoms in total. The third-order valence-electron chi connectivity index (χ3n) is 3.83. The summed E-state index contributed by atoms with van der Waals surface area (Å²) in [6.45, 7) is 11.2. The van der Waals surface area contributed by atoms with Crippen molar-refractivity contribution in [3.8, 4) is 0 Å². The number of aromatic nitrogens is 2. The second kappa shape index (κ2) is 6.44. The number of piperazine rings is 1. The van der Waals surface area contributed by atoms with Crippen molar-refractivity contribution in [1.29, 1.82) is 0 Å². The molecule has 1 saturated heterocycles. The lowest BCUT2D eigenvalue weighted by molar-refractivity contribution is 0.102. The van der Waals surface area contributed by atoms with Gasteiger partial charge in [-0.1, -0.05) is 13.3 Å². The average molecular weight is 262 g/mol. The minimum absolute atomic E-state index is 0.132. The Hall–Kier alpha value is -1.00. The quantitative estimate of drug-likeness (QED) is 0.876. The van der Waals surface area contributed by atoms with Crippen LogP contribution in [0.4, 0.5) is 0 Å². The molecule has 1 N–H and O–H groups in total. The number of nitrogens with one attached hydrogen (secondary N) is 1. The summed E-state index contributed by atoms with van der Waals surface area (Å²) in [4.78, 5) is 11.7. The van der Waals surface area contributed by atoms with Crippen LogP contribution in [-0.4, -0.2) is 46.6 Å². The Morgan fingerprint density at radius 2 is 2.05 bits per heavy atom. The van der Waals surface area contributed by atoms with E-state index in [0.29, 0.717) is 0 Å². The summed E-state index contributed by atoms with van der Waals surface area (Å²) >= 11 is 0. The Labute approximate surface area is 116 Å². The molecule has 1 aromatic rings. The summed E-state index contributed by atoms with van der Waals surface area (Å²) in [7, 11) is 0. The normalized spacial score (nSPS) is 17.6. The Balaban J connectivity index is 2.03. The molecule has 0 spiro atoms. The lowest BCUT2D eigenvalue weighted by Gasteiger charge is -2.40. The highest BCUT2D eigenvalue weighted by atomic mass is 15.2. The van der Waals surface area contributed by atoms with Gasteiger partial charge in [-0.25, -0.2) is 9.97 Å². The second-order valence-corrected chi connectivity index (χ2v) is 5.94. The maximum Gasteiger partial charge on any atom is 0.130 e. The van der Waals surface area contributed by atoms with Gasteiger partial charge in [0.25, 0.3) is 0 Å². The number of rotatable bonds is 5. The molecule has 2 rings (SSSR count). The molecule has 106 valence electrons. The van der Waals surface area contributed by atoms with Crippen LogP contribution in [0.25, 0.3) is 0 Å².